The van der Waals surface area contributed by atoms with Crippen LogP contribution in [0.3, 0.4) is 0 Å². The molecule has 14 heavy (non-hydrogen) atoms. The first kappa shape index (κ1) is 12.0. The van der Waals surface area contributed by atoms with E-state index in [-0.39, 0.29) is 12.7 Å². The molecule has 0 aromatic heterocycles. The summed E-state index contributed by atoms with van der Waals surface area (Å²) in [5.41, 5.74) is 0. The molecule has 1 aliphatic rings. The zero-order valence-corrected chi connectivity index (χ0v) is 8.82. The van der Waals surface area contributed by atoms with Crippen molar-refractivity contribution in [3.63, 3.8) is 0 Å². The van der Waals surface area contributed by atoms with E-state index in [9.17, 15) is 5.11 Å². The number of rotatable bonds is 6. The molecule has 1 saturated carbocycles. The lowest BCUT2D eigenvalue weighted by molar-refractivity contribution is -0.00465. The van der Waals surface area contributed by atoms with Gasteiger partial charge in [-0.05, 0) is 44.9 Å². The fourth-order valence-corrected chi connectivity index (χ4v) is 1.85. The summed E-state index contributed by atoms with van der Waals surface area (Å²) in [5.74, 6) is 0. The van der Waals surface area contributed by atoms with Crippen LogP contribution in [0.2, 0.25) is 0 Å². The highest BCUT2D eigenvalue weighted by molar-refractivity contribution is 4.71. The number of unbranched alkanes of at least 4 members (excludes halogenated alkanes) is 2. The number of ether oxygens (including phenoxy) is 1. The average Bonchev–Trinajstić information content (AvgIpc) is 2.21. The summed E-state index contributed by atoms with van der Waals surface area (Å²) in [6.07, 6.45) is 7.03. The molecule has 0 atom stereocenters. The molecule has 0 aromatic carbocycles. The zero-order valence-electron chi connectivity index (χ0n) is 8.82. The second-order valence-electron chi connectivity index (χ2n) is 4.09. The van der Waals surface area contributed by atoms with Crippen LogP contribution in [-0.4, -0.2) is 35.6 Å². The third kappa shape index (κ3) is 4.94. The van der Waals surface area contributed by atoms with Crippen LogP contribution >= 0.6 is 0 Å². The van der Waals surface area contributed by atoms with E-state index in [0.717, 1.165) is 51.6 Å². The minimum absolute atomic E-state index is 0.0933. The highest BCUT2D eigenvalue weighted by Crippen LogP contribution is 2.21. The van der Waals surface area contributed by atoms with Crippen LogP contribution in [0, 0.1) is 0 Å². The number of aliphatic hydroxyl groups is 2. The molecule has 0 aromatic rings. The quantitative estimate of drug-likeness (QED) is 0.641. The van der Waals surface area contributed by atoms with Crippen molar-refractivity contribution in [2.24, 2.45) is 0 Å². The fraction of sp³-hybridized carbons (Fsp3) is 1.00. The second kappa shape index (κ2) is 7.21. The predicted octanol–water partition coefficient (Wildman–Crippen LogP) is 1.47. The van der Waals surface area contributed by atoms with Gasteiger partial charge in [-0.15, -0.1) is 0 Å². The second-order valence-corrected chi connectivity index (χ2v) is 4.09. The predicted molar refractivity (Wildman–Crippen MR) is 55.2 cm³/mol. The number of hydrogen-bond donors (Lipinski definition) is 2. The normalized spacial score (nSPS) is 27.9. The standard InChI is InChI=1S/C11H22O3/c12-8-2-1-3-9-14-11-6-4-10(13)5-7-11/h10-13H,1-9H2. The van der Waals surface area contributed by atoms with E-state index in [2.05, 4.69) is 0 Å². The lowest BCUT2D eigenvalue weighted by Crippen LogP contribution is -2.24. The van der Waals surface area contributed by atoms with Crippen molar-refractivity contribution < 1.29 is 14.9 Å². The van der Waals surface area contributed by atoms with Crippen molar-refractivity contribution in [1.29, 1.82) is 0 Å². The van der Waals surface area contributed by atoms with Crippen LogP contribution in [0.1, 0.15) is 44.9 Å². The zero-order chi connectivity index (χ0) is 10.2. The minimum Gasteiger partial charge on any atom is -0.396 e. The summed E-state index contributed by atoms with van der Waals surface area (Å²) in [6.45, 7) is 1.09. The van der Waals surface area contributed by atoms with E-state index in [1.165, 1.54) is 0 Å². The average molecular weight is 202 g/mol. The molecule has 1 aliphatic carbocycles. The largest absolute Gasteiger partial charge is 0.396 e. The van der Waals surface area contributed by atoms with Crippen LogP contribution in [0.25, 0.3) is 0 Å². The Balaban J connectivity index is 1.91. The Hall–Kier alpha value is -0.120. The number of aliphatic hydroxyl groups excluding tert-OH is 2. The van der Waals surface area contributed by atoms with E-state index >= 15 is 0 Å². The fourth-order valence-electron chi connectivity index (χ4n) is 1.85. The first-order chi connectivity index (χ1) is 6.83. The molecule has 3 nitrogen and oxygen atoms in total. The van der Waals surface area contributed by atoms with Gasteiger partial charge in [0.15, 0.2) is 0 Å². The third-order valence-corrected chi connectivity index (χ3v) is 2.80. The van der Waals surface area contributed by atoms with Gasteiger partial charge in [0.05, 0.1) is 12.2 Å². The maximum atomic E-state index is 9.29. The Bertz CT molecular complexity index is 130. The van der Waals surface area contributed by atoms with Crippen molar-refractivity contribution in [1.82, 2.24) is 0 Å². The van der Waals surface area contributed by atoms with Gasteiger partial charge >= 0.3 is 0 Å². The molecule has 1 rings (SSSR count). The Morgan fingerprint density at radius 1 is 1.00 bits per heavy atom. The molecule has 1 fully saturated rings. The summed E-state index contributed by atoms with van der Waals surface area (Å²) < 4.78 is 5.69. The van der Waals surface area contributed by atoms with E-state index < -0.39 is 0 Å². The van der Waals surface area contributed by atoms with Crippen molar-refractivity contribution in [3.8, 4) is 0 Å². The van der Waals surface area contributed by atoms with E-state index in [0.29, 0.717) is 6.10 Å². The van der Waals surface area contributed by atoms with Crippen LogP contribution in [0.5, 0.6) is 0 Å². The molecule has 0 heterocycles. The molecular formula is C11H22O3. The van der Waals surface area contributed by atoms with Crippen molar-refractivity contribution in [3.05, 3.63) is 0 Å². The molecular weight excluding hydrogens is 180 g/mol. The van der Waals surface area contributed by atoms with Gasteiger partial charge < -0.3 is 14.9 Å². The Labute approximate surface area is 86.1 Å². The summed E-state index contributed by atoms with van der Waals surface area (Å²) in [4.78, 5) is 0. The van der Waals surface area contributed by atoms with Gasteiger partial charge in [0.1, 0.15) is 0 Å². The summed E-state index contributed by atoms with van der Waals surface area (Å²) in [5, 5.41) is 17.9. The topological polar surface area (TPSA) is 49.7 Å². The molecule has 3 heteroatoms. The van der Waals surface area contributed by atoms with Gasteiger partial charge in [0, 0.05) is 13.2 Å². The van der Waals surface area contributed by atoms with Gasteiger partial charge in [-0.2, -0.15) is 0 Å². The van der Waals surface area contributed by atoms with Crippen LogP contribution in [0.4, 0.5) is 0 Å². The lowest BCUT2D eigenvalue weighted by Gasteiger charge is -2.25. The SMILES string of the molecule is OCCCCCOC1CCC(O)CC1. The van der Waals surface area contributed by atoms with E-state index in [4.69, 9.17) is 9.84 Å². The molecule has 84 valence electrons. The maximum absolute atomic E-state index is 9.29. The van der Waals surface area contributed by atoms with Crippen molar-refractivity contribution in [2.75, 3.05) is 13.2 Å². The summed E-state index contributed by atoms with van der Waals surface area (Å²) in [6, 6.07) is 0. The lowest BCUT2D eigenvalue weighted by atomic mass is 9.95. The van der Waals surface area contributed by atoms with Crippen LogP contribution in [0.15, 0.2) is 0 Å². The molecule has 0 radical (unpaired) electrons. The Morgan fingerprint density at radius 2 is 1.71 bits per heavy atom. The van der Waals surface area contributed by atoms with Gasteiger partial charge in [-0.1, -0.05) is 0 Å². The third-order valence-electron chi connectivity index (χ3n) is 2.80. The van der Waals surface area contributed by atoms with E-state index in [1.807, 2.05) is 0 Å². The van der Waals surface area contributed by atoms with Crippen LogP contribution in [-0.2, 0) is 4.74 Å². The smallest absolute Gasteiger partial charge is 0.0577 e. The first-order valence-corrected chi connectivity index (χ1v) is 5.73. The Kier molecular flexibility index (Phi) is 6.15. The molecule has 0 unspecified atom stereocenters. The molecule has 2 N–H and O–H groups in total. The minimum atomic E-state index is -0.0933. The van der Waals surface area contributed by atoms with Crippen LogP contribution < -0.4 is 0 Å². The van der Waals surface area contributed by atoms with Crippen molar-refractivity contribution >= 4 is 0 Å². The number of hydrogen-bond acceptors (Lipinski definition) is 3. The first-order valence-electron chi connectivity index (χ1n) is 5.73. The van der Waals surface area contributed by atoms with Gasteiger partial charge in [0.25, 0.3) is 0 Å². The molecule has 0 aliphatic heterocycles. The van der Waals surface area contributed by atoms with Gasteiger partial charge in [-0.3, -0.25) is 0 Å². The van der Waals surface area contributed by atoms with Gasteiger partial charge in [-0.25, -0.2) is 0 Å². The molecule has 0 bridgehead atoms. The highest BCUT2D eigenvalue weighted by Gasteiger charge is 2.19. The summed E-state index contributed by atoms with van der Waals surface area (Å²) in [7, 11) is 0. The monoisotopic (exact) mass is 202 g/mol. The molecule has 0 spiro atoms. The Morgan fingerprint density at radius 3 is 2.36 bits per heavy atom. The molecule has 0 amide bonds. The summed E-state index contributed by atoms with van der Waals surface area (Å²) >= 11 is 0. The van der Waals surface area contributed by atoms with Crippen molar-refractivity contribution in [2.45, 2.75) is 57.2 Å². The highest BCUT2D eigenvalue weighted by atomic mass is 16.5. The van der Waals surface area contributed by atoms with E-state index in [1.54, 1.807) is 0 Å². The maximum Gasteiger partial charge on any atom is 0.0577 e. The van der Waals surface area contributed by atoms with Gasteiger partial charge in [0.2, 0.25) is 0 Å². The molecule has 0 saturated heterocycles.